The Morgan fingerprint density at radius 3 is 2.23 bits per heavy atom. The highest BCUT2D eigenvalue weighted by Crippen LogP contribution is 2.40. The minimum absolute atomic E-state index is 0.00132. The zero-order valence-electron chi connectivity index (χ0n) is 24.5. The van der Waals surface area contributed by atoms with Gasteiger partial charge in [0.15, 0.2) is 0 Å². The Morgan fingerprint density at radius 2 is 1.67 bits per heavy atom. The summed E-state index contributed by atoms with van der Waals surface area (Å²) in [5, 5.41) is 17.8. The lowest BCUT2D eigenvalue weighted by Gasteiger charge is -2.42. The van der Waals surface area contributed by atoms with Crippen molar-refractivity contribution in [2.24, 2.45) is 5.92 Å². The van der Waals surface area contributed by atoms with Crippen molar-refractivity contribution < 1.29 is 23.4 Å². The number of carbonyl (C=O) groups is 1. The molecule has 2 atom stereocenters. The Labute approximate surface area is 232 Å². The van der Waals surface area contributed by atoms with E-state index < -0.39 is 35.5 Å². The zero-order chi connectivity index (χ0) is 29.0. The summed E-state index contributed by atoms with van der Waals surface area (Å²) in [7, 11) is 0. The Hall–Kier alpha value is -2.51. The molecule has 2 unspecified atom stereocenters. The Kier molecular flexibility index (Phi) is 9.82. The maximum atomic E-state index is 13.9. The van der Waals surface area contributed by atoms with E-state index in [9.17, 15) is 18.7 Å². The summed E-state index contributed by atoms with van der Waals surface area (Å²) >= 11 is 0. The highest BCUT2D eigenvalue weighted by molar-refractivity contribution is 5.68. The molecule has 1 aliphatic rings. The normalized spacial score (nSPS) is 21.7. The van der Waals surface area contributed by atoms with Crippen molar-refractivity contribution in [3.05, 3.63) is 70.8 Å². The lowest BCUT2D eigenvalue weighted by atomic mass is 9.72. The molecule has 5 nitrogen and oxygen atoms in total. The highest BCUT2D eigenvalue weighted by atomic mass is 19.1. The number of aliphatic hydroxyl groups is 1. The smallest absolute Gasteiger partial charge is 0.407 e. The monoisotopic (exact) mass is 544 g/mol. The first-order valence-electron chi connectivity index (χ1n) is 14.0. The molecule has 1 aliphatic carbocycles. The van der Waals surface area contributed by atoms with Gasteiger partial charge in [-0.3, -0.25) is 0 Å². The highest BCUT2D eigenvalue weighted by Gasteiger charge is 2.37. The molecule has 39 heavy (non-hydrogen) atoms. The van der Waals surface area contributed by atoms with Crippen LogP contribution in [0.4, 0.5) is 13.6 Å². The number of carbonyl (C=O) groups excluding carboxylic acids is 1. The van der Waals surface area contributed by atoms with E-state index in [1.54, 1.807) is 20.8 Å². The maximum absolute atomic E-state index is 13.9. The molecule has 1 amide bonds. The number of alkyl carbamates (subject to hydrolysis) is 1. The van der Waals surface area contributed by atoms with E-state index in [2.05, 4.69) is 62.6 Å². The van der Waals surface area contributed by atoms with Crippen molar-refractivity contribution in [1.29, 1.82) is 0 Å². The standard InChI is InChI=1S/C32H46F2N2O3/c1-21-11-13-32(14-12-21,24-10-8-9-23(18-24)30(2,3)4)35-20-28(37)27(36-29(38)39-31(5,6)7)17-22-15-25(33)19-26(34)16-22/h8-10,15-16,18-19,21,27-28,35,37H,11-14,17,20H2,1-7H3,(H,36,38). The Morgan fingerprint density at radius 1 is 1.05 bits per heavy atom. The van der Waals surface area contributed by atoms with Crippen molar-refractivity contribution in [3.8, 4) is 0 Å². The van der Waals surface area contributed by atoms with Gasteiger partial charge in [-0.15, -0.1) is 0 Å². The van der Waals surface area contributed by atoms with E-state index in [1.165, 1.54) is 23.3 Å². The molecule has 7 heteroatoms. The van der Waals surface area contributed by atoms with Crippen LogP contribution >= 0.6 is 0 Å². The van der Waals surface area contributed by atoms with E-state index in [0.29, 0.717) is 11.5 Å². The second-order valence-corrected chi connectivity index (χ2v) is 13.3. The van der Waals surface area contributed by atoms with Gasteiger partial charge in [-0.2, -0.15) is 0 Å². The summed E-state index contributed by atoms with van der Waals surface area (Å²) in [6.45, 7) is 14.3. The molecule has 216 valence electrons. The first-order chi connectivity index (χ1) is 18.1. The molecule has 2 aromatic rings. The molecular formula is C32H46F2N2O3. The van der Waals surface area contributed by atoms with Crippen LogP contribution in [0, 0.1) is 17.6 Å². The molecular weight excluding hydrogens is 498 g/mol. The second kappa shape index (κ2) is 12.3. The molecule has 1 saturated carbocycles. The second-order valence-electron chi connectivity index (χ2n) is 13.3. The van der Waals surface area contributed by atoms with E-state index in [1.807, 2.05) is 0 Å². The predicted molar refractivity (Wildman–Crippen MR) is 152 cm³/mol. The molecule has 0 radical (unpaired) electrons. The Balaban J connectivity index is 1.85. The average molecular weight is 545 g/mol. The lowest BCUT2D eigenvalue weighted by Crippen LogP contribution is -2.54. The number of nitrogens with one attached hydrogen (secondary N) is 2. The number of halogens is 2. The van der Waals surface area contributed by atoms with Gasteiger partial charge in [0.1, 0.15) is 17.2 Å². The van der Waals surface area contributed by atoms with E-state index in [4.69, 9.17) is 4.74 Å². The number of hydrogen-bond acceptors (Lipinski definition) is 4. The molecule has 0 saturated heterocycles. The third-order valence-corrected chi connectivity index (χ3v) is 7.60. The van der Waals surface area contributed by atoms with Crippen LogP contribution in [0.1, 0.15) is 90.8 Å². The fourth-order valence-electron chi connectivity index (χ4n) is 5.27. The van der Waals surface area contributed by atoms with Gasteiger partial charge in [0.05, 0.1) is 12.1 Å². The largest absolute Gasteiger partial charge is 0.444 e. The van der Waals surface area contributed by atoms with Crippen molar-refractivity contribution in [2.45, 2.75) is 109 Å². The van der Waals surface area contributed by atoms with Gasteiger partial charge in [-0.05, 0) is 93.0 Å². The summed E-state index contributed by atoms with van der Waals surface area (Å²) in [4.78, 5) is 12.6. The van der Waals surface area contributed by atoms with Gasteiger partial charge in [-0.1, -0.05) is 52.0 Å². The third kappa shape index (κ3) is 9.00. The van der Waals surface area contributed by atoms with Gasteiger partial charge < -0.3 is 20.5 Å². The van der Waals surface area contributed by atoms with Crippen LogP contribution in [0.15, 0.2) is 42.5 Å². The van der Waals surface area contributed by atoms with Crippen molar-refractivity contribution in [3.63, 3.8) is 0 Å². The van der Waals surface area contributed by atoms with Crippen LogP contribution in [0.2, 0.25) is 0 Å². The topological polar surface area (TPSA) is 70.6 Å². The van der Waals surface area contributed by atoms with Gasteiger partial charge in [0.25, 0.3) is 0 Å². The molecule has 0 spiro atoms. The number of aliphatic hydroxyl groups excluding tert-OH is 1. The molecule has 3 rings (SSSR count). The van der Waals surface area contributed by atoms with Crippen LogP contribution in [0.3, 0.4) is 0 Å². The number of benzene rings is 2. The summed E-state index contributed by atoms with van der Waals surface area (Å²) in [6, 6.07) is 11.1. The molecule has 0 heterocycles. The first-order valence-corrected chi connectivity index (χ1v) is 14.0. The predicted octanol–water partition coefficient (Wildman–Crippen LogP) is 6.75. The van der Waals surface area contributed by atoms with Crippen LogP contribution in [0.25, 0.3) is 0 Å². The van der Waals surface area contributed by atoms with Crippen molar-refractivity contribution in [1.82, 2.24) is 10.6 Å². The lowest BCUT2D eigenvalue weighted by molar-refractivity contribution is 0.0405. The van der Waals surface area contributed by atoms with Crippen LogP contribution < -0.4 is 10.6 Å². The zero-order valence-corrected chi connectivity index (χ0v) is 24.5. The molecule has 2 aromatic carbocycles. The van der Waals surface area contributed by atoms with Gasteiger partial charge >= 0.3 is 6.09 Å². The van der Waals surface area contributed by atoms with E-state index in [0.717, 1.165) is 31.7 Å². The minimum atomic E-state index is -1.04. The van der Waals surface area contributed by atoms with Crippen LogP contribution in [0.5, 0.6) is 0 Å². The van der Waals surface area contributed by atoms with Crippen LogP contribution in [-0.2, 0) is 22.1 Å². The molecule has 0 aliphatic heterocycles. The van der Waals surface area contributed by atoms with Gasteiger partial charge in [0, 0.05) is 18.2 Å². The summed E-state index contributed by atoms with van der Waals surface area (Å²) in [5.74, 6) is -0.787. The minimum Gasteiger partial charge on any atom is -0.444 e. The molecule has 0 aromatic heterocycles. The van der Waals surface area contributed by atoms with E-state index in [-0.39, 0.29) is 23.9 Å². The quantitative estimate of drug-likeness (QED) is 0.344. The number of rotatable bonds is 8. The summed E-state index contributed by atoms with van der Waals surface area (Å²) < 4.78 is 33.2. The molecule has 1 fully saturated rings. The number of hydrogen-bond donors (Lipinski definition) is 3. The summed E-state index contributed by atoms with van der Waals surface area (Å²) in [6.07, 6.45) is 2.28. The average Bonchev–Trinajstić information content (AvgIpc) is 2.81. The first kappa shape index (κ1) is 31.0. The molecule has 3 N–H and O–H groups in total. The van der Waals surface area contributed by atoms with Gasteiger partial charge in [0.2, 0.25) is 0 Å². The number of amides is 1. The van der Waals surface area contributed by atoms with Gasteiger partial charge in [-0.25, -0.2) is 13.6 Å². The van der Waals surface area contributed by atoms with Crippen LogP contribution in [-0.4, -0.2) is 35.5 Å². The summed E-state index contributed by atoms with van der Waals surface area (Å²) in [5.41, 5.74) is 1.73. The maximum Gasteiger partial charge on any atom is 0.407 e. The molecule has 0 bridgehead atoms. The SMILES string of the molecule is CC1CCC(NCC(O)C(Cc2cc(F)cc(F)c2)NC(=O)OC(C)(C)C)(c2cccc(C(C)(C)C)c2)CC1. The third-order valence-electron chi connectivity index (χ3n) is 7.60. The fraction of sp³-hybridized carbons (Fsp3) is 0.594. The van der Waals surface area contributed by atoms with E-state index >= 15 is 0 Å². The van der Waals surface area contributed by atoms with Crippen molar-refractivity contribution >= 4 is 6.09 Å². The Bertz CT molecular complexity index is 1090. The fourth-order valence-corrected chi connectivity index (χ4v) is 5.27. The van der Waals surface area contributed by atoms with Crippen molar-refractivity contribution in [2.75, 3.05) is 6.54 Å². The number of ether oxygens (including phenoxy) is 1.